The zero-order valence-electron chi connectivity index (χ0n) is 18.8. The number of hydrogen-bond acceptors (Lipinski definition) is 4. The van der Waals surface area contributed by atoms with Gasteiger partial charge < -0.3 is 10.6 Å². The van der Waals surface area contributed by atoms with E-state index < -0.39 is 15.6 Å². The summed E-state index contributed by atoms with van der Waals surface area (Å²) in [6, 6.07) is 7.89. The summed E-state index contributed by atoms with van der Waals surface area (Å²) in [6.45, 7) is 14.6. The van der Waals surface area contributed by atoms with E-state index >= 15 is 0 Å². The van der Waals surface area contributed by atoms with Gasteiger partial charge in [0.1, 0.15) is 0 Å². The number of rotatable bonds is 6. The molecule has 0 radical (unpaired) electrons. The van der Waals surface area contributed by atoms with Crippen LogP contribution in [0.4, 0.5) is 0 Å². The topological polar surface area (TPSA) is 85.8 Å². The number of likely N-dealkylation sites (tertiary alicyclic amines) is 1. The van der Waals surface area contributed by atoms with Crippen molar-refractivity contribution in [1.82, 2.24) is 20.3 Å². The molecule has 7 nitrogen and oxygen atoms in total. The summed E-state index contributed by atoms with van der Waals surface area (Å²) in [4.78, 5) is 7.08. The number of nitrogens with one attached hydrogen (secondary N) is 3. The molecule has 0 saturated carbocycles. The first-order chi connectivity index (χ1) is 13.4. The summed E-state index contributed by atoms with van der Waals surface area (Å²) in [5.74, 6) is 1.20. The maximum absolute atomic E-state index is 12.8. The van der Waals surface area contributed by atoms with Gasteiger partial charge in [-0.1, -0.05) is 25.1 Å². The normalized spacial score (nSPS) is 21.6. The Kier molecular flexibility index (Phi) is 7.70. The van der Waals surface area contributed by atoms with Crippen LogP contribution in [0.3, 0.4) is 0 Å². The molecule has 1 heterocycles. The van der Waals surface area contributed by atoms with Gasteiger partial charge in [0.15, 0.2) is 5.96 Å². The van der Waals surface area contributed by atoms with Gasteiger partial charge in [-0.15, -0.1) is 0 Å². The van der Waals surface area contributed by atoms with Crippen LogP contribution >= 0.6 is 0 Å². The van der Waals surface area contributed by atoms with E-state index in [4.69, 9.17) is 0 Å². The molecule has 2 rings (SSSR count). The van der Waals surface area contributed by atoms with Crippen molar-refractivity contribution >= 4 is 16.0 Å². The van der Waals surface area contributed by atoms with Crippen molar-refractivity contribution in [1.29, 1.82) is 0 Å². The third-order valence-corrected chi connectivity index (χ3v) is 6.92. The molecule has 0 aromatic heterocycles. The van der Waals surface area contributed by atoms with Gasteiger partial charge in [-0.05, 0) is 52.2 Å². The van der Waals surface area contributed by atoms with Crippen molar-refractivity contribution in [3.63, 3.8) is 0 Å². The van der Waals surface area contributed by atoms with Gasteiger partial charge >= 0.3 is 0 Å². The Morgan fingerprint density at radius 2 is 1.90 bits per heavy atom. The molecule has 3 N–H and O–H groups in total. The highest BCUT2D eigenvalue weighted by molar-refractivity contribution is 7.89. The largest absolute Gasteiger partial charge is 0.352 e. The summed E-state index contributed by atoms with van der Waals surface area (Å²) in [5.41, 5.74) is 0.160. The number of hydrogen-bond donors (Lipinski definition) is 3. The molecule has 0 aliphatic carbocycles. The minimum absolute atomic E-state index is 0.290. The van der Waals surface area contributed by atoms with Crippen molar-refractivity contribution in [2.45, 2.75) is 70.6 Å². The molecule has 2 atom stereocenters. The van der Waals surface area contributed by atoms with Crippen molar-refractivity contribution < 1.29 is 8.42 Å². The van der Waals surface area contributed by atoms with Gasteiger partial charge in [0.25, 0.3) is 0 Å². The van der Waals surface area contributed by atoms with Crippen LogP contribution in [0.5, 0.6) is 0 Å². The van der Waals surface area contributed by atoms with Gasteiger partial charge in [-0.3, -0.25) is 9.89 Å². The van der Waals surface area contributed by atoms with E-state index in [1.54, 1.807) is 19.2 Å². The van der Waals surface area contributed by atoms with Crippen LogP contribution in [0.25, 0.3) is 0 Å². The second kappa shape index (κ2) is 9.45. The minimum Gasteiger partial charge on any atom is -0.352 e. The van der Waals surface area contributed by atoms with E-state index in [0.29, 0.717) is 36.1 Å². The Bertz CT molecular complexity index is 815. The van der Waals surface area contributed by atoms with Gasteiger partial charge in [0, 0.05) is 44.3 Å². The Balaban J connectivity index is 2.07. The lowest BCUT2D eigenvalue weighted by molar-refractivity contribution is 0.265. The van der Waals surface area contributed by atoms with Gasteiger partial charge in [0.05, 0.1) is 4.90 Å². The maximum Gasteiger partial charge on any atom is 0.241 e. The number of aliphatic imine (C=N–C) groups is 1. The van der Waals surface area contributed by atoms with E-state index in [-0.39, 0.29) is 4.90 Å². The number of nitrogens with zero attached hydrogens (tertiary/aromatic N) is 2. The fourth-order valence-corrected chi connectivity index (χ4v) is 5.19. The molecule has 2 unspecified atom stereocenters. The van der Waals surface area contributed by atoms with Crippen LogP contribution in [-0.4, -0.2) is 57.0 Å². The Labute approximate surface area is 176 Å². The minimum atomic E-state index is -3.61. The molecule has 0 spiro atoms. The lowest BCUT2D eigenvalue weighted by Crippen LogP contribution is -2.46. The summed E-state index contributed by atoms with van der Waals surface area (Å²) in [5, 5.41) is 6.78. The Morgan fingerprint density at radius 3 is 2.45 bits per heavy atom. The zero-order valence-corrected chi connectivity index (χ0v) is 19.6. The van der Waals surface area contributed by atoms with Crippen LogP contribution in [0.2, 0.25) is 0 Å². The van der Waals surface area contributed by atoms with Gasteiger partial charge in [-0.2, -0.15) is 0 Å². The number of benzene rings is 1. The molecule has 0 bridgehead atoms. The zero-order chi connectivity index (χ0) is 21.8. The molecule has 0 amide bonds. The highest BCUT2D eigenvalue weighted by Gasteiger charge is 2.31. The van der Waals surface area contributed by atoms with E-state index in [9.17, 15) is 8.42 Å². The monoisotopic (exact) mass is 423 g/mol. The van der Waals surface area contributed by atoms with Gasteiger partial charge in [-0.25, -0.2) is 13.1 Å². The fourth-order valence-electron chi connectivity index (χ4n) is 3.53. The molecule has 164 valence electrons. The summed E-state index contributed by atoms with van der Waals surface area (Å²) in [6.07, 6.45) is 0. The Morgan fingerprint density at radius 1 is 1.24 bits per heavy atom. The van der Waals surface area contributed by atoms with Crippen LogP contribution in [-0.2, 0) is 16.6 Å². The lowest BCUT2D eigenvalue weighted by atomic mass is 10.1. The standard InChI is InChI=1S/C21H37N5O2S/c1-15(2)26-13-16(3)18(14-26)24-20(22-7)23-12-17-10-8-9-11-19(17)29(27,28)25-21(4,5)6/h8-11,15-16,18,25H,12-14H2,1-7H3,(H2,22,23,24). The van der Waals surface area contributed by atoms with Crippen molar-refractivity contribution in [2.24, 2.45) is 10.9 Å². The predicted molar refractivity (Wildman–Crippen MR) is 120 cm³/mol. The molecule has 1 fully saturated rings. The fraction of sp³-hybridized carbons (Fsp3) is 0.667. The third-order valence-electron chi connectivity index (χ3n) is 5.07. The molecule has 1 aromatic carbocycles. The van der Waals surface area contributed by atoms with E-state index in [2.05, 4.69) is 46.0 Å². The van der Waals surface area contributed by atoms with Crippen molar-refractivity contribution in [2.75, 3.05) is 20.1 Å². The second-order valence-corrected chi connectivity index (χ2v) is 10.8. The number of guanidine groups is 1. The Hall–Kier alpha value is -1.64. The molecule has 29 heavy (non-hydrogen) atoms. The summed E-state index contributed by atoms with van der Waals surface area (Å²) >= 11 is 0. The predicted octanol–water partition coefficient (Wildman–Crippen LogP) is 2.16. The van der Waals surface area contributed by atoms with Crippen molar-refractivity contribution in [3.8, 4) is 0 Å². The highest BCUT2D eigenvalue weighted by atomic mass is 32.2. The molecule has 8 heteroatoms. The summed E-state index contributed by atoms with van der Waals surface area (Å²) in [7, 11) is -1.87. The molecule has 1 aliphatic heterocycles. The molecule has 1 saturated heterocycles. The number of sulfonamides is 1. The quantitative estimate of drug-likeness (QED) is 0.482. The van der Waals surface area contributed by atoms with E-state index in [1.165, 1.54) is 0 Å². The van der Waals surface area contributed by atoms with Crippen LogP contribution < -0.4 is 15.4 Å². The van der Waals surface area contributed by atoms with E-state index in [1.807, 2.05) is 32.9 Å². The first kappa shape index (κ1) is 23.6. The maximum atomic E-state index is 12.8. The third kappa shape index (κ3) is 6.69. The molecular weight excluding hydrogens is 386 g/mol. The lowest BCUT2D eigenvalue weighted by Gasteiger charge is -2.23. The SMILES string of the molecule is CN=C(NCc1ccccc1S(=O)(=O)NC(C)(C)C)NC1CN(C(C)C)CC1C. The van der Waals surface area contributed by atoms with Crippen LogP contribution in [0, 0.1) is 5.92 Å². The highest BCUT2D eigenvalue weighted by Crippen LogP contribution is 2.19. The molecule has 1 aliphatic rings. The smallest absolute Gasteiger partial charge is 0.241 e. The molecule has 1 aromatic rings. The average molecular weight is 424 g/mol. The van der Waals surface area contributed by atoms with Crippen molar-refractivity contribution in [3.05, 3.63) is 29.8 Å². The molecular formula is C21H37N5O2S. The average Bonchev–Trinajstić information content (AvgIpc) is 2.97. The van der Waals surface area contributed by atoms with Gasteiger partial charge in [0.2, 0.25) is 10.0 Å². The second-order valence-electron chi connectivity index (χ2n) is 9.16. The summed E-state index contributed by atoms with van der Waals surface area (Å²) < 4.78 is 28.4. The van der Waals surface area contributed by atoms with Crippen LogP contribution in [0.1, 0.15) is 47.1 Å². The van der Waals surface area contributed by atoms with Crippen LogP contribution in [0.15, 0.2) is 34.2 Å². The first-order valence-electron chi connectivity index (χ1n) is 10.3. The first-order valence-corrected chi connectivity index (χ1v) is 11.7. The van der Waals surface area contributed by atoms with E-state index in [0.717, 1.165) is 13.1 Å².